The number of H-pyrrole nitrogens is 1. The number of allylic oxidation sites excluding steroid dienone is 1. The molecule has 1 heterocycles. The molecule has 1 aromatic carbocycles. The lowest BCUT2D eigenvalue weighted by Crippen LogP contribution is -2.29. The molecule has 26 heavy (non-hydrogen) atoms. The molecule has 0 aliphatic rings. The maximum Gasteiger partial charge on any atom is 0.412 e. The number of benzene rings is 1. The van der Waals surface area contributed by atoms with E-state index in [1.807, 2.05) is 44.2 Å². The van der Waals surface area contributed by atoms with Crippen molar-refractivity contribution in [1.29, 1.82) is 0 Å². The van der Waals surface area contributed by atoms with E-state index in [1.165, 1.54) is 7.11 Å². The third-order valence-electron chi connectivity index (χ3n) is 2.74. The van der Waals surface area contributed by atoms with E-state index in [0.29, 0.717) is 5.57 Å². The summed E-state index contributed by atoms with van der Waals surface area (Å²) in [4.78, 5) is 29.4. The first-order valence-electron chi connectivity index (χ1n) is 8.20. The van der Waals surface area contributed by atoms with Gasteiger partial charge in [-0.25, -0.2) is 14.6 Å². The Morgan fingerprint density at radius 3 is 2.23 bits per heavy atom. The number of ether oxygens (including phenoxy) is 2. The lowest BCUT2D eigenvalue weighted by atomic mass is 10.2. The van der Waals surface area contributed by atoms with Crippen molar-refractivity contribution in [1.82, 2.24) is 15.3 Å². The number of nitrogens with one attached hydrogen (secondary N) is 2. The fourth-order valence-electron chi connectivity index (χ4n) is 1.56. The van der Waals surface area contributed by atoms with Gasteiger partial charge >= 0.3 is 12.1 Å². The van der Waals surface area contributed by atoms with E-state index in [1.54, 1.807) is 32.6 Å². The predicted molar refractivity (Wildman–Crippen MR) is 100 cm³/mol. The molecule has 0 saturated carbocycles. The Morgan fingerprint density at radius 2 is 1.81 bits per heavy atom. The Kier molecular flexibility index (Phi) is 12.6. The van der Waals surface area contributed by atoms with E-state index in [9.17, 15) is 9.59 Å². The molecular weight excluding hydrogens is 334 g/mol. The van der Waals surface area contributed by atoms with Crippen LogP contribution in [-0.2, 0) is 20.9 Å². The zero-order valence-electron chi connectivity index (χ0n) is 15.9. The van der Waals surface area contributed by atoms with Gasteiger partial charge in [0.25, 0.3) is 0 Å². The highest BCUT2D eigenvalue weighted by Crippen LogP contribution is 2.04. The van der Waals surface area contributed by atoms with Crippen molar-refractivity contribution in [2.45, 2.75) is 34.3 Å². The molecule has 0 fully saturated rings. The van der Waals surface area contributed by atoms with Gasteiger partial charge in [0, 0.05) is 12.4 Å². The maximum atomic E-state index is 11.6. The number of aromatic amines is 1. The minimum absolute atomic E-state index is 0.0977. The number of alkyl carbamates (subject to hydrolysis) is 1. The molecule has 2 N–H and O–H groups in total. The lowest BCUT2D eigenvalue weighted by Gasteiger charge is -2.10. The van der Waals surface area contributed by atoms with Gasteiger partial charge in [0.1, 0.15) is 12.3 Å². The molecule has 0 bridgehead atoms. The van der Waals surface area contributed by atoms with E-state index in [-0.39, 0.29) is 12.3 Å². The second-order valence-electron chi connectivity index (χ2n) is 4.81. The largest absolute Gasteiger partial charge is 0.464 e. The highest BCUT2D eigenvalue weighted by molar-refractivity contribution is 5.92. The van der Waals surface area contributed by atoms with Crippen LogP contribution in [0, 0.1) is 0 Å². The molecular formula is C19H27N3O4. The van der Waals surface area contributed by atoms with Crippen LogP contribution in [0.5, 0.6) is 0 Å². The van der Waals surface area contributed by atoms with Gasteiger partial charge in [0.2, 0.25) is 0 Å². The van der Waals surface area contributed by atoms with Crippen molar-refractivity contribution in [3.63, 3.8) is 0 Å². The third kappa shape index (κ3) is 9.92. The van der Waals surface area contributed by atoms with Crippen molar-refractivity contribution in [3.05, 3.63) is 65.9 Å². The van der Waals surface area contributed by atoms with Crippen LogP contribution in [0.15, 0.2) is 60.3 Å². The van der Waals surface area contributed by atoms with Crippen LogP contribution < -0.4 is 5.32 Å². The summed E-state index contributed by atoms with van der Waals surface area (Å²) in [6, 6.07) is 9.27. The van der Waals surface area contributed by atoms with Crippen LogP contribution in [0.25, 0.3) is 0 Å². The van der Waals surface area contributed by atoms with Crippen molar-refractivity contribution in [2.24, 2.45) is 0 Å². The van der Waals surface area contributed by atoms with Gasteiger partial charge in [-0.15, -0.1) is 0 Å². The molecule has 1 amide bonds. The number of nitrogens with zero attached hydrogens (tertiary/aromatic N) is 1. The average molecular weight is 361 g/mol. The van der Waals surface area contributed by atoms with Gasteiger partial charge in [-0.3, -0.25) is 5.32 Å². The first-order valence-corrected chi connectivity index (χ1v) is 8.20. The van der Waals surface area contributed by atoms with Crippen molar-refractivity contribution < 1.29 is 19.1 Å². The first-order chi connectivity index (χ1) is 12.5. The molecule has 0 spiro atoms. The number of hydrogen-bond acceptors (Lipinski definition) is 5. The SMILES string of the molecule is CC.COC(=O)C(NC(=O)OCc1ccccc1)=C(C)C.c1c[nH]cn1. The Hall–Kier alpha value is -3.09. The Morgan fingerprint density at radius 1 is 1.15 bits per heavy atom. The van der Waals surface area contributed by atoms with E-state index in [2.05, 4.69) is 20.0 Å². The number of methoxy groups -OCH3 is 1. The number of esters is 1. The molecule has 0 aliphatic carbocycles. The summed E-state index contributed by atoms with van der Waals surface area (Å²) in [5.74, 6) is -0.600. The molecule has 0 unspecified atom stereocenters. The molecule has 2 aromatic rings. The Balaban J connectivity index is 0.000000749. The van der Waals surface area contributed by atoms with Gasteiger partial charge in [-0.1, -0.05) is 44.2 Å². The van der Waals surface area contributed by atoms with Crippen molar-refractivity contribution in [2.75, 3.05) is 7.11 Å². The number of hydrogen-bond donors (Lipinski definition) is 2. The summed E-state index contributed by atoms with van der Waals surface area (Å²) in [6.45, 7) is 7.54. The van der Waals surface area contributed by atoms with Crippen LogP contribution in [0.4, 0.5) is 4.79 Å². The molecule has 2 rings (SSSR count). The molecule has 0 radical (unpaired) electrons. The van der Waals surface area contributed by atoms with E-state index in [0.717, 1.165) is 5.56 Å². The fourth-order valence-corrected chi connectivity index (χ4v) is 1.56. The van der Waals surface area contributed by atoms with Gasteiger partial charge in [-0.05, 0) is 25.0 Å². The quantitative estimate of drug-likeness (QED) is 0.638. The van der Waals surface area contributed by atoms with Gasteiger partial charge in [0.15, 0.2) is 0 Å². The summed E-state index contributed by atoms with van der Waals surface area (Å²) in [6.07, 6.45) is 4.39. The third-order valence-corrected chi connectivity index (χ3v) is 2.74. The Bertz CT molecular complexity index is 631. The lowest BCUT2D eigenvalue weighted by molar-refractivity contribution is -0.136. The zero-order valence-corrected chi connectivity index (χ0v) is 15.9. The van der Waals surface area contributed by atoms with Crippen LogP contribution in [0.1, 0.15) is 33.3 Å². The average Bonchev–Trinajstić information content (AvgIpc) is 3.26. The van der Waals surface area contributed by atoms with Crippen LogP contribution in [0.3, 0.4) is 0 Å². The molecule has 7 nitrogen and oxygen atoms in total. The van der Waals surface area contributed by atoms with Gasteiger partial charge in [-0.2, -0.15) is 0 Å². The molecule has 1 aromatic heterocycles. The van der Waals surface area contributed by atoms with Gasteiger partial charge in [0.05, 0.1) is 13.4 Å². The number of carbonyl (C=O) groups is 2. The fraction of sp³-hybridized carbons (Fsp3) is 0.316. The predicted octanol–water partition coefficient (Wildman–Crippen LogP) is 3.82. The highest BCUT2D eigenvalue weighted by Gasteiger charge is 2.15. The molecule has 142 valence electrons. The minimum atomic E-state index is -0.689. The van der Waals surface area contributed by atoms with Crippen molar-refractivity contribution >= 4 is 12.1 Å². The summed E-state index contributed by atoms with van der Waals surface area (Å²) < 4.78 is 9.58. The second-order valence-corrected chi connectivity index (χ2v) is 4.81. The number of imidazole rings is 1. The van der Waals surface area contributed by atoms with E-state index < -0.39 is 12.1 Å². The molecule has 7 heteroatoms. The minimum Gasteiger partial charge on any atom is -0.464 e. The molecule has 0 atom stereocenters. The number of carbonyl (C=O) groups excluding carboxylic acids is 2. The maximum absolute atomic E-state index is 11.6. The normalized spacial score (nSPS) is 8.65. The van der Waals surface area contributed by atoms with Crippen molar-refractivity contribution in [3.8, 4) is 0 Å². The molecule has 0 aliphatic heterocycles. The highest BCUT2D eigenvalue weighted by atomic mass is 16.6. The van der Waals surface area contributed by atoms with Crippen LogP contribution in [0.2, 0.25) is 0 Å². The van der Waals surface area contributed by atoms with E-state index >= 15 is 0 Å². The topological polar surface area (TPSA) is 93.3 Å². The number of rotatable bonds is 4. The van der Waals surface area contributed by atoms with Gasteiger partial charge < -0.3 is 14.5 Å². The smallest absolute Gasteiger partial charge is 0.412 e. The second kappa shape index (κ2) is 14.3. The summed E-state index contributed by atoms with van der Waals surface area (Å²) >= 11 is 0. The van der Waals surface area contributed by atoms with Crippen LogP contribution in [-0.4, -0.2) is 29.1 Å². The summed E-state index contributed by atoms with van der Waals surface area (Å²) in [7, 11) is 1.25. The van der Waals surface area contributed by atoms with Crippen LogP contribution >= 0.6 is 0 Å². The summed E-state index contributed by atoms with van der Waals surface area (Å²) in [5, 5.41) is 2.38. The number of aromatic nitrogens is 2. The Labute approximate surface area is 154 Å². The first kappa shape index (κ1) is 22.9. The standard InChI is InChI=1S/C14H17NO4.C3H4N2.C2H6/c1-10(2)12(13(16)18-3)15-14(17)19-9-11-7-5-4-6-8-11;1-2-5-3-4-1;1-2/h4-8H,9H2,1-3H3,(H,15,17);1-3H,(H,4,5);1-2H3. The van der Waals surface area contributed by atoms with E-state index in [4.69, 9.17) is 4.74 Å². The summed E-state index contributed by atoms with van der Waals surface area (Å²) in [5.41, 5.74) is 1.61. The molecule has 0 saturated heterocycles. The monoisotopic (exact) mass is 361 g/mol. The number of amides is 1. The zero-order chi connectivity index (χ0) is 19.8.